The molecular weight excluding hydrogens is 358 g/mol. The van der Waals surface area contributed by atoms with E-state index in [1.807, 2.05) is 19.9 Å². The van der Waals surface area contributed by atoms with E-state index in [9.17, 15) is 20.2 Å². The Hall–Kier alpha value is -2.85. The zero-order valence-electron chi connectivity index (χ0n) is 14.2. The topological polar surface area (TPSA) is 119 Å². The summed E-state index contributed by atoms with van der Waals surface area (Å²) < 4.78 is 5.59. The SMILES string of the molecule is CC1(C)CC(=O)C2=C(C1)OC(N)=C(C#N)[C@@H]2c1ccc(Cl)c([N+](=O)[O-])c1. The second-order valence-corrected chi connectivity index (χ2v) is 7.58. The Morgan fingerprint density at radius 1 is 1.42 bits per heavy atom. The van der Waals surface area contributed by atoms with E-state index < -0.39 is 10.8 Å². The van der Waals surface area contributed by atoms with Gasteiger partial charge in [-0.1, -0.05) is 31.5 Å². The van der Waals surface area contributed by atoms with Gasteiger partial charge in [0.1, 0.15) is 22.4 Å². The monoisotopic (exact) mass is 373 g/mol. The third kappa shape index (κ3) is 2.93. The molecule has 0 aromatic heterocycles. The number of Topliss-reactive ketones (excluding diaryl/α,β-unsaturated/α-hetero) is 1. The molecule has 0 unspecified atom stereocenters. The van der Waals surface area contributed by atoms with Crippen LogP contribution in [0.1, 0.15) is 38.2 Å². The number of allylic oxidation sites excluding steroid dienone is 3. The molecule has 2 aliphatic rings. The molecule has 1 aliphatic heterocycles. The molecular formula is C18H16ClN3O4. The largest absolute Gasteiger partial charge is 0.444 e. The van der Waals surface area contributed by atoms with Crippen LogP contribution < -0.4 is 5.73 Å². The van der Waals surface area contributed by atoms with Gasteiger partial charge in [-0.2, -0.15) is 5.26 Å². The molecule has 0 saturated carbocycles. The molecule has 0 saturated heterocycles. The number of ketones is 1. The maximum absolute atomic E-state index is 12.8. The van der Waals surface area contributed by atoms with Crippen LogP contribution >= 0.6 is 11.6 Å². The molecule has 1 aliphatic carbocycles. The van der Waals surface area contributed by atoms with Crippen LogP contribution in [0.4, 0.5) is 5.69 Å². The summed E-state index contributed by atoms with van der Waals surface area (Å²) in [6.45, 7) is 3.89. The lowest BCUT2D eigenvalue weighted by molar-refractivity contribution is -0.384. The van der Waals surface area contributed by atoms with Crippen molar-refractivity contribution in [1.29, 1.82) is 5.26 Å². The van der Waals surface area contributed by atoms with Gasteiger partial charge < -0.3 is 10.5 Å². The number of hydrogen-bond donors (Lipinski definition) is 1. The fourth-order valence-corrected chi connectivity index (χ4v) is 3.65. The highest BCUT2D eigenvalue weighted by atomic mass is 35.5. The number of ether oxygens (including phenoxy) is 1. The highest BCUT2D eigenvalue weighted by molar-refractivity contribution is 6.32. The summed E-state index contributed by atoms with van der Waals surface area (Å²) in [6, 6.07) is 6.20. The molecule has 0 bridgehead atoms. The molecule has 1 heterocycles. The number of carbonyl (C=O) groups excluding carboxylic acids is 1. The zero-order valence-corrected chi connectivity index (χ0v) is 15.0. The lowest BCUT2D eigenvalue weighted by atomic mass is 9.70. The first-order valence-corrected chi connectivity index (χ1v) is 8.30. The zero-order chi connectivity index (χ0) is 19.2. The van der Waals surface area contributed by atoms with Crippen molar-refractivity contribution in [2.75, 3.05) is 0 Å². The van der Waals surface area contributed by atoms with Gasteiger partial charge in [0.25, 0.3) is 5.69 Å². The number of halogens is 1. The number of carbonyl (C=O) groups is 1. The predicted molar refractivity (Wildman–Crippen MR) is 93.8 cm³/mol. The van der Waals surface area contributed by atoms with Gasteiger partial charge in [0.05, 0.1) is 10.8 Å². The summed E-state index contributed by atoms with van der Waals surface area (Å²) in [5, 5.41) is 20.7. The summed E-state index contributed by atoms with van der Waals surface area (Å²) >= 11 is 5.89. The van der Waals surface area contributed by atoms with Crippen molar-refractivity contribution in [1.82, 2.24) is 0 Å². The van der Waals surface area contributed by atoms with Crippen LogP contribution in [0.2, 0.25) is 5.02 Å². The van der Waals surface area contributed by atoms with E-state index in [0.717, 1.165) is 0 Å². The lowest BCUT2D eigenvalue weighted by Gasteiger charge is -2.37. The highest BCUT2D eigenvalue weighted by Crippen LogP contribution is 2.48. The molecule has 2 N–H and O–H groups in total. The van der Waals surface area contributed by atoms with Crippen molar-refractivity contribution in [2.45, 2.75) is 32.6 Å². The Bertz CT molecular complexity index is 940. The minimum atomic E-state index is -0.802. The van der Waals surface area contributed by atoms with Crippen molar-refractivity contribution >= 4 is 23.1 Å². The Balaban J connectivity index is 2.22. The van der Waals surface area contributed by atoms with Crippen LogP contribution in [0, 0.1) is 26.9 Å². The van der Waals surface area contributed by atoms with E-state index in [1.165, 1.54) is 12.1 Å². The van der Waals surface area contributed by atoms with Crippen LogP contribution in [0.3, 0.4) is 0 Å². The number of rotatable bonds is 2. The molecule has 1 aromatic rings. The first-order valence-electron chi connectivity index (χ1n) is 7.92. The Morgan fingerprint density at radius 3 is 2.73 bits per heavy atom. The molecule has 1 atom stereocenters. The minimum Gasteiger partial charge on any atom is -0.444 e. The van der Waals surface area contributed by atoms with Gasteiger partial charge in [-0.15, -0.1) is 0 Å². The fraction of sp³-hybridized carbons (Fsp3) is 0.333. The molecule has 0 spiro atoms. The van der Waals surface area contributed by atoms with Crippen molar-refractivity contribution in [3.8, 4) is 6.07 Å². The number of nitro benzene ring substituents is 1. The number of nitro groups is 1. The van der Waals surface area contributed by atoms with E-state index in [-0.39, 0.29) is 33.4 Å². The maximum Gasteiger partial charge on any atom is 0.288 e. The average Bonchev–Trinajstić information content (AvgIpc) is 2.52. The summed E-state index contributed by atoms with van der Waals surface area (Å²) in [5.41, 5.74) is 6.14. The van der Waals surface area contributed by atoms with Crippen LogP contribution in [-0.4, -0.2) is 10.7 Å². The first kappa shape index (κ1) is 18.0. The van der Waals surface area contributed by atoms with E-state index in [4.69, 9.17) is 22.1 Å². The first-order chi connectivity index (χ1) is 12.1. The smallest absolute Gasteiger partial charge is 0.288 e. The van der Waals surface area contributed by atoms with Gasteiger partial charge in [-0.25, -0.2) is 0 Å². The van der Waals surface area contributed by atoms with Crippen LogP contribution in [0.5, 0.6) is 0 Å². The van der Waals surface area contributed by atoms with Crippen LogP contribution in [0.15, 0.2) is 41.0 Å². The molecule has 3 rings (SSSR count). The molecule has 0 radical (unpaired) electrons. The van der Waals surface area contributed by atoms with E-state index >= 15 is 0 Å². The van der Waals surface area contributed by atoms with E-state index in [0.29, 0.717) is 29.7 Å². The fourth-order valence-electron chi connectivity index (χ4n) is 3.47. The molecule has 0 fully saturated rings. The standard InChI is InChI=1S/C18H16ClN3O4/c1-18(2)6-13(23)16-14(7-18)26-17(21)10(8-20)15(16)9-3-4-11(19)12(5-9)22(24)25/h3-5,15H,6-7,21H2,1-2H3/t15-/m0/s1. The number of nitrogens with two attached hydrogens (primary N) is 1. The third-order valence-electron chi connectivity index (χ3n) is 4.58. The second-order valence-electron chi connectivity index (χ2n) is 7.17. The predicted octanol–water partition coefficient (Wildman–Crippen LogP) is 3.70. The molecule has 1 aromatic carbocycles. The highest BCUT2D eigenvalue weighted by Gasteiger charge is 2.43. The van der Waals surface area contributed by atoms with Gasteiger partial charge in [0, 0.05) is 24.5 Å². The second kappa shape index (κ2) is 6.15. The van der Waals surface area contributed by atoms with Crippen LogP contribution in [0.25, 0.3) is 0 Å². The summed E-state index contributed by atoms with van der Waals surface area (Å²) in [7, 11) is 0. The quantitative estimate of drug-likeness (QED) is 0.623. The molecule has 134 valence electrons. The summed E-state index contributed by atoms with van der Waals surface area (Å²) in [6.07, 6.45) is 0.777. The third-order valence-corrected chi connectivity index (χ3v) is 4.90. The Labute approximate surface area is 154 Å². The van der Waals surface area contributed by atoms with Gasteiger partial charge in [-0.3, -0.25) is 14.9 Å². The summed E-state index contributed by atoms with van der Waals surface area (Å²) in [5.74, 6) is -0.618. The van der Waals surface area contributed by atoms with Crippen LogP contribution in [-0.2, 0) is 9.53 Å². The van der Waals surface area contributed by atoms with E-state index in [1.54, 1.807) is 6.07 Å². The lowest BCUT2D eigenvalue weighted by Crippen LogP contribution is -2.33. The number of hydrogen-bond acceptors (Lipinski definition) is 6. The van der Waals surface area contributed by atoms with Crippen molar-refractivity contribution in [2.24, 2.45) is 11.1 Å². The Morgan fingerprint density at radius 2 is 2.12 bits per heavy atom. The van der Waals surface area contributed by atoms with Gasteiger partial charge >= 0.3 is 0 Å². The average molecular weight is 374 g/mol. The van der Waals surface area contributed by atoms with E-state index in [2.05, 4.69) is 0 Å². The number of benzene rings is 1. The maximum atomic E-state index is 12.8. The molecule has 7 nitrogen and oxygen atoms in total. The van der Waals surface area contributed by atoms with Crippen molar-refractivity contribution in [3.63, 3.8) is 0 Å². The minimum absolute atomic E-state index is 0.0217. The Kier molecular flexibility index (Phi) is 4.24. The van der Waals surface area contributed by atoms with Crippen molar-refractivity contribution < 1.29 is 14.5 Å². The summed E-state index contributed by atoms with van der Waals surface area (Å²) in [4.78, 5) is 23.4. The molecule has 8 heteroatoms. The van der Waals surface area contributed by atoms with Gasteiger partial charge in [0.15, 0.2) is 5.78 Å². The molecule has 26 heavy (non-hydrogen) atoms. The number of nitriles is 1. The van der Waals surface area contributed by atoms with Gasteiger partial charge in [-0.05, 0) is 17.0 Å². The van der Waals surface area contributed by atoms with Crippen molar-refractivity contribution in [3.05, 3.63) is 61.7 Å². The van der Waals surface area contributed by atoms with Gasteiger partial charge in [0.2, 0.25) is 5.88 Å². The number of nitrogens with zero attached hydrogens (tertiary/aromatic N) is 2. The normalized spacial score (nSPS) is 21.8. The molecule has 0 amide bonds.